The van der Waals surface area contributed by atoms with Crippen molar-refractivity contribution in [3.8, 4) is 17.2 Å². The van der Waals surface area contributed by atoms with E-state index in [-0.39, 0.29) is 6.61 Å². The molecule has 15 heavy (non-hydrogen) atoms. The Bertz CT molecular complexity index is 347. The maximum Gasteiger partial charge on any atom is 0.167 e. The summed E-state index contributed by atoms with van der Waals surface area (Å²) in [7, 11) is 4.68. The van der Waals surface area contributed by atoms with Crippen molar-refractivity contribution in [3.05, 3.63) is 17.2 Å². The zero-order valence-electron chi connectivity index (χ0n) is 9.46. The Hall–Kier alpha value is -1.42. The average molecular weight is 212 g/mol. The van der Waals surface area contributed by atoms with Gasteiger partial charge in [-0.15, -0.1) is 0 Å². The number of rotatable bonds is 4. The number of hydrogen-bond acceptors (Lipinski definition) is 4. The van der Waals surface area contributed by atoms with Crippen molar-refractivity contribution >= 4 is 0 Å². The molecule has 0 heterocycles. The fourth-order valence-corrected chi connectivity index (χ4v) is 1.56. The van der Waals surface area contributed by atoms with E-state index in [1.807, 2.05) is 6.92 Å². The minimum atomic E-state index is -0.115. The number of ether oxygens (including phenoxy) is 3. The van der Waals surface area contributed by atoms with Gasteiger partial charge in [-0.1, -0.05) is 0 Å². The van der Waals surface area contributed by atoms with Gasteiger partial charge in [0.05, 0.1) is 27.9 Å². The first-order chi connectivity index (χ1) is 7.19. The van der Waals surface area contributed by atoms with Crippen molar-refractivity contribution < 1.29 is 19.3 Å². The second-order valence-corrected chi connectivity index (χ2v) is 3.09. The summed E-state index contributed by atoms with van der Waals surface area (Å²) >= 11 is 0. The van der Waals surface area contributed by atoms with Gasteiger partial charge in [0.25, 0.3) is 0 Å². The third kappa shape index (κ3) is 1.99. The van der Waals surface area contributed by atoms with Gasteiger partial charge in [0.15, 0.2) is 11.5 Å². The molecule has 0 bridgehead atoms. The molecule has 0 aliphatic carbocycles. The molecule has 0 fully saturated rings. The highest BCUT2D eigenvalue weighted by Crippen LogP contribution is 2.39. The van der Waals surface area contributed by atoms with Crippen LogP contribution in [0.4, 0.5) is 0 Å². The second-order valence-electron chi connectivity index (χ2n) is 3.09. The molecule has 0 amide bonds. The van der Waals surface area contributed by atoms with E-state index in [0.717, 1.165) is 5.56 Å². The summed E-state index contributed by atoms with van der Waals surface area (Å²) in [5, 5.41) is 9.19. The summed E-state index contributed by atoms with van der Waals surface area (Å²) in [6.07, 6.45) is 0. The van der Waals surface area contributed by atoms with Crippen molar-refractivity contribution in [2.75, 3.05) is 21.3 Å². The molecule has 0 radical (unpaired) electrons. The molecule has 0 spiro atoms. The Balaban J connectivity index is 3.43. The lowest BCUT2D eigenvalue weighted by Gasteiger charge is -2.16. The summed E-state index contributed by atoms with van der Waals surface area (Å²) in [5.41, 5.74) is 1.51. The van der Waals surface area contributed by atoms with Gasteiger partial charge in [-0.05, 0) is 13.0 Å². The molecular formula is C11H16O4. The Morgan fingerprint density at radius 2 is 1.67 bits per heavy atom. The van der Waals surface area contributed by atoms with Gasteiger partial charge in [0, 0.05) is 11.1 Å². The third-order valence-electron chi connectivity index (χ3n) is 2.31. The molecule has 0 saturated heterocycles. The molecule has 0 aliphatic heterocycles. The summed E-state index contributed by atoms with van der Waals surface area (Å²) < 4.78 is 15.6. The molecule has 0 aliphatic rings. The Morgan fingerprint density at radius 1 is 1.07 bits per heavy atom. The van der Waals surface area contributed by atoms with Crippen LogP contribution in [-0.4, -0.2) is 26.4 Å². The normalized spacial score (nSPS) is 9.93. The zero-order valence-corrected chi connectivity index (χ0v) is 9.46. The van der Waals surface area contributed by atoms with E-state index in [2.05, 4.69) is 0 Å². The van der Waals surface area contributed by atoms with Crippen LogP contribution in [0.3, 0.4) is 0 Å². The summed E-state index contributed by atoms with van der Waals surface area (Å²) in [4.78, 5) is 0. The summed E-state index contributed by atoms with van der Waals surface area (Å²) in [6.45, 7) is 1.76. The van der Waals surface area contributed by atoms with Crippen molar-refractivity contribution in [3.63, 3.8) is 0 Å². The van der Waals surface area contributed by atoms with E-state index in [4.69, 9.17) is 14.2 Å². The van der Waals surface area contributed by atoms with Gasteiger partial charge >= 0.3 is 0 Å². The highest BCUT2D eigenvalue weighted by atomic mass is 16.5. The minimum absolute atomic E-state index is 0.115. The van der Waals surface area contributed by atoms with Gasteiger partial charge in [-0.25, -0.2) is 0 Å². The smallest absolute Gasteiger partial charge is 0.167 e. The summed E-state index contributed by atoms with van der Waals surface area (Å²) in [5.74, 6) is 1.83. The lowest BCUT2D eigenvalue weighted by Crippen LogP contribution is -2.00. The lowest BCUT2D eigenvalue weighted by molar-refractivity contribution is 0.268. The fourth-order valence-electron chi connectivity index (χ4n) is 1.56. The fraction of sp³-hybridized carbons (Fsp3) is 0.455. The first kappa shape index (κ1) is 11.7. The van der Waals surface area contributed by atoms with Crippen LogP contribution in [0.15, 0.2) is 6.07 Å². The van der Waals surface area contributed by atoms with Crippen LogP contribution in [-0.2, 0) is 6.61 Å². The van der Waals surface area contributed by atoms with Crippen LogP contribution >= 0.6 is 0 Å². The van der Waals surface area contributed by atoms with Crippen molar-refractivity contribution in [2.24, 2.45) is 0 Å². The van der Waals surface area contributed by atoms with E-state index in [0.29, 0.717) is 22.8 Å². The number of benzene rings is 1. The first-order valence-corrected chi connectivity index (χ1v) is 4.58. The second kappa shape index (κ2) is 4.89. The van der Waals surface area contributed by atoms with Gasteiger partial charge in [0.1, 0.15) is 5.75 Å². The lowest BCUT2D eigenvalue weighted by atomic mass is 10.1. The maximum absolute atomic E-state index is 9.19. The predicted octanol–water partition coefficient (Wildman–Crippen LogP) is 1.51. The van der Waals surface area contributed by atoms with Gasteiger partial charge in [0.2, 0.25) is 0 Å². The van der Waals surface area contributed by atoms with Crippen molar-refractivity contribution in [1.82, 2.24) is 0 Å². The quantitative estimate of drug-likeness (QED) is 0.822. The van der Waals surface area contributed by atoms with Gasteiger partial charge in [-0.2, -0.15) is 0 Å². The van der Waals surface area contributed by atoms with Crippen molar-refractivity contribution in [2.45, 2.75) is 13.5 Å². The Morgan fingerprint density at radius 3 is 2.07 bits per heavy atom. The average Bonchev–Trinajstić information content (AvgIpc) is 2.28. The highest BCUT2D eigenvalue weighted by Gasteiger charge is 2.16. The number of aliphatic hydroxyl groups is 1. The molecule has 1 N–H and O–H groups in total. The molecule has 0 aromatic heterocycles. The van der Waals surface area contributed by atoms with Gasteiger partial charge in [-0.3, -0.25) is 0 Å². The van der Waals surface area contributed by atoms with Crippen LogP contribution in [0.2, 0.25) is 0 Å². The molecule has 4 nitrogen and oxygen atoms in total. The molecule has 84 valence electrons. The predicted molar refractivity (Wildman–Crippen MR) is 56.8 cm³/mol. The minimum Gasteiger partial charge on any atom is -0.496 e. The molecule has 1 aromatic carbocycles. The van der Waals surface area contributed by atoms with Crippen LogP contribution < -0.4 is 14.2 Å². The van der Waals surface area contributed by atoms with Crippen LogP contribution in [0.25, 0.3) is 0 Å². The number of methoxy groups -OCH3 is 3. The summed E-state index contributed by atoms with van der Waals surface area (Å²) in [6, 6.07) is 1.75. The van der Waals surface area contributed by atoms with Crippen LogP contribution in [0, 0.1) is 6.92 Å². The topological polar surface area (TPSA) is 47.9 Å². The molecule has 4 heteroatoms. The molecule has 0 unspecified atom stereocenters. The molecule has 0 atom stereocenters. The molecule has 1 rings (SSSR count). The SMILES string of the molecule is COc1cc(CO)c(OC)c(OC)c1C. The third-order valence-corrected chi connectivity index (χ3v) is 2.31. The van der Waals surface area contributed by atoms with E-state index in [1.54, 1.807) is 27.4 Å². The van der Waals surface area contributed by atoms with Crippen LogP contribution in [0.1, 0.15) is 11.1 Å². The standard InChI is InChI=1S/C11H16O4/c1-7-9(13-2)5-8(6-12)11(15-4)10(7)14-3/h5,12H,6H2,1-4H3. The molecular weight excluding hydrogens is 196 g/mol. The molecule has 1 aromatic rings. The first-order valence-electron chi connectivity index (χ1n) is 4.58. The Kier molecular flexibility index (Phi) is 3.80. The highest BCUT2D eigenvalue weighted by molar-refractivity contribution is 5.57. The van der Waals surface area contributed by atoms with Crippen LogP contribution in [0.5, 0.6) is 17.2 Å². The zero-order chi connectivity index (χ0) is 11.4. The van der Waals surface area contributed by atoms with Gasteiger partial charge < -0.3 is 19.3 Å². The van der Waals surface area contributed by atoms with E-state index in [1.165, 1.54) is 0 Å². The van der Waals surface area contributed by atoms with Crippen molar-refractivity contribution in [1.29, 1.82) is 0 Å². The van der Waals surface area contributed by atoms with E-state index < -0.39 is 0 Å². The maximum atomic E-state index is 9.19. The Labute approximate surface area is 89.4 Å². The largest absolute Gasteiger partial charge is 0.496 e. The monoisotopic (exact) mass is 212 g/mol. The number of hydrogen-bond donors (Lipinski definition) is 1. The van der Waals surface area contributed by atoms with E-state index >= 15 is 0 Å². The number of aliphatic hydroxyl groups excluding tert-OH is 1. The van der Waals surface area contributed by atoms with E-state index in [9.17, 15) is 5.11 Å². The molecule has 0 saturated carbocycles.